The SMILES string of the molecule is CCCC(CN)(CCC)C(=O)N(CC)CC. The first kappa shape index (κ1) is 15.4. The predicted molar refractivity (Wildman–Crippen MR) is 69.2 cm³/mol. The maximum atomic E-state index is 12.5. The maximum absolute atomic E-state index is 12.5. The van der Waals surface area contributed by atoms with Gasteiger partial charge in [-0.25, -0.2) is 0 Å². The van der Waals surface area contributed by atoms with Gasteiger partial charge in [0.15, 0.2) is 0 Å². The van der Waals surface area contributed by atoms with Crippen LogP contribution in [-0.2, 0) is 4.79 Å². The summed E-state index contributed by atoms with van der Waals surface area (Å²) in [5, 5.41) is 0. The van der Waals surface area contributed by atoms with Gasteiger partial charge in [0, 0.05) is 19.6 Å². The molecule has 0 aliphatic heterocycles. The number of carbonyl (C=O) groups excluding carboxylic acids is 1. The van der Waals surface area contributed by atoms with Crippen molar-refractivity contribution in [3.63, 3.8) is 0 Å². The lowest BCUT2D eigenvalue weighted by molar-refractivity contribution is -0.142. The van der Waals surface area contributed by atoms with Gasteiger partial charge in [0.2, 0.25) is 5.91 Å². The first-order chi connectivity index (χ1) is 7.61. The van der Waals surface area contributed by atoms with Crippen LogP contribution in [0.4, 0.5) is 0 Å². The Bertz CT molecular complexity index is 194. The van der Waals surface area contributed by atoms with Gasteiger partial charge in [0.1, 0.15) is 0 Å². The fraction of sp³-hybridized carbons (Fsp3) is 0.923. The number of rotatable bonds is 8. The first-order valence-corrected chi connectivity index (χ1v) is 6.61. The fourth-order valence-electron chi connectivity index (χ4n) is 2.43. The Morgan fingerprint density at radius 3 is 1.75 bits per heavy atom. The molecule has 0 aromatic rings. The molecule has 96 valence electrons. The van der Waals surface area contributed by atoms with Crippen LogP contribution >= 0.6 is 0 Å². The molecule has 0 saturated carbocycles. The van der Waals surface area contributed by atoms with Crippen LogP contribution in [0.3, 0.4) is 0 Å². The quantitative estimate of drug-likeness (QED) is 0.693. The van der Waals surface area contributed by atoms with Gasteiger partial charge in [-0.1, -0.05) is 26.7 Å². The highest BCUT2D eigenvalue weighted by Gasteiger charge is 2.37. The second-order valence-corrected chi connectivity index (χ2v) is 4.46. The topological polar surface area (TPSA) is 46.3 Å². The molecule has 0 heterocycles. The highest BCUT2D eigenvalue weighted by atomic mass is 16.2. The molecule has 0 aromatic carbocycles. The Morgan fingerprint density at radius 1 is 1.06 bits per heavy atom. The lowest BCUT2D eigenvalue weighted by Crippen LogP contribution is -2.48. The van der Waals surface area contributed by atoms with E-state index in [4.69, 9.17) is 5.73 Å². The fourth-order valence-corrected chi connectivity index (χ4v) is 2.43. The monoisotopic (exact) mass is 228 g/mol. The van der Waals surface area contributed by atoms with Gasteiger partial charge in [0.25, 0.3) is 0 Å². The van der Waals surface area contributed by atoms with Crippen LogP contribution in [0.5, 0.6) is 0 Å². The van der Waals surface area contributed by atoms with Gasteiger partial charge in [-0.15, -0.1) is 0 Å². The van der Waals surface area contributed by atoms with E-state index in [2.05, 4.69) is 13.8 Å². The zero-order valence-corrected chi connectivity index (χ0v) is 11.4. The van der Waals surface area contributed by atoms with Crippen molar-refractivity contribution in [2.75, 3.05) is 19.6 Å². The summed E-state index contributed by atoms with van der Waals surface area (Å²) in [5.74, 6) is 0.253. The molecule has 2 N–H and O–H groups in total. The summed E-state index contributed by atoms with van der Waals surface area (Å²) < 4.78 is 0. The van der Waals surface area contributed by atoms with Gasteiger partial charge >= 0.3 is 0 Å². The smallest absolute Gasteiger partial charge is 0.230 e. The highest BCUT2D eigenvalue weighted by Crippen LogP contribution is 2.31. The molecule has 0 unspecified atom stereocenters. The largest absolute Gasteiger partial charge is 0.343 e. The van der Waals surface area contributed by atoms with Gasteiger partial charge in [-0.3, -0.25) is 4.79 Å². The molecule has 1 amide bonds. The average Bonchev–Trinajstić information content (AvgIpc) is 2.30. The van der Waals surface area contributed by atoms with E-state index >= 15 is 0 Å². The van der Waals surface area contributed by atoms with E-state index in [1.54, 1.807) is 0 Å². The number of carbonyl (C=O) groups is 1. The number of hydrogen-bond donors (Lipinski definition) is 1. The van der Waals surface area contributed by atoms with Crippen molar-refractivity contribution in [3.05, 3.63) is 0 Å². The molecular formula is C13H28N2O. The molecule has 0 fully saturated rings. The van der Waals surface area contributed by atoms with Gasteiger partial charge in [0.05, 0.1) is 5.41 Å². The summed E-state index contributed by atoms with van der Waals surface area (Å²) >= 11 is 0. The van der Waals surface area contributed by atoms with Crippen LogP contribution in [0.15, 0.2) is 0 Å². The first-order valence-electron chi connectivity index (χ1n) is 6.61. The summed E-state index contributed by atoms with van der Waals surface area (Å²) in [6.45, 7) is 10.3. The van der Waals surface area contributed by atoms with Crippen LogP contribution in [0.1, 0.15) is 53.4 Å². The molecule has 0 rings (SSSR count). The van der Waals surface area contributed by atoms with E-state index in [9.17, 15) is 4.79 Å². The number of nitrogens with zero attached hydrogens (tertiary/aromatic N) is 1. The van der Waals surface area contributed by atoms with E-state index in [-0.39, 0.29) is 11.3 Å². The molecule has 0 radical (unpaired) electrons. The third-order valence-corrected chi connectivity index (χ3v) is 3.35. The molecular weight excluding hydrogens is 200 g/mol. The molecule has 3 heteroatoms. The van der Waals surface area contributed by atoms with E-state index < -0.39 is 0 Å². The van der Waals surface area contributed by atoms with Crippen molar-refractivity contribution in [2.45, 2.75) is 53.4 Å². The summed E-state index contributed by atoms with van der Waals surface area (Å²) in [6, 6.07) is 0. The second-order valence-electron chi connectivity index (χ2n) is 4.46. The Morgan fingerprint density at radius 2 is 1.50 bits per heavy atom. The van der Waals surface area contributed by atoms with Crippen molar-refractivity contribution in [1.82, 2.24) is 4.90 Å². The molecule has 0 atom stereocenters. The van der Waals surface area contributed by atoms with Gasteiger partial charge in [-0.2, -0.15) is 0 Å². The van der Waals surface area contributed by atoms with Crippen LogP contribution in [0, 0.1) is 5.41 Å². The summed E-state index contributed by atoms with van der Waals surface area (Å²) in [4.78, 5) is 14.4. The standard InChI is InChI=1S/C13H28N2O/c1-5-9-13(11-14,10-6-2)12(16)15(7-3)8-4/h5-11,14H2,1-4H3. The van der Waals surface area contributed by atoms with Crippen molar-refractivity contribution in [3.8, 4) is 0 Å². The van der Waals surface area contributed by atoms with Crippen molar-refractivity contribution < 1.29 is 4.79 Å². The van der Waals surface area contributed by atoms with Crippen LogP contribution in [-0.4, -0.2) is 30.4 Å². The molecule has 0 spiro atoms. The minimum absolute atomic E-state index is 0.253. The Kier molecular flexibility index (Phi) is 7.39. The van der Waals surface area contributed by atoms with Crippen LogP contribution < -0.4 is 5.73 Å². The van der Waals surface area contributed by atoms with E-state index in [1.165, 1.54) is 0 Å². The van der Waals surface area contributed by atoms with Crippen LogP contribution in [0.25, 0.3) is 0 Å². The normalized spacial score (nSPS) is 11.6. The number of hydrogen-bond acceptors (Lipinski definition) is 2. The van der Waals surface area contributed by atoms with Crippen molar-refractivity contribution >= 4 is 5.91 Å². The van der Waals surface area contributed by atoms with E-state index in [1.807, 2.05) is 18.7 Å². The maximum Gasteiger partial charge on any atom is 0.230 e. The molecule has 0 saturated heterocycles. The highest BCUT2D eigenvalue weighted by molar-refractivity contribution is 5.83. The minimum atomic E-state index is -0.310. The Balaban J connectivity index is 4.90. The van der Waals surface area contributed by atoms with Gasteiger partial charge in [-0.05, 0) is 26.7 Å². The van der Waals surface area contributed by atoms with E-state index in [0.717, 1.165) is 38.8 Å². The minimum Gasteiger partial charge on any atom is -0.343 e. The summed E-state index contributed by atoms with van der Waals surface area (Å²) in [6.07, 6.45) is 3.85. The average molecular weight is 228 g/mol. The Hall–Kier alpha value is -0.570. The summed E-state index contributed by atoms with van der Waals surface area (Å²) in [7, 11) is 0. The zero-order chi connectivity index (χ0) is 12.6. The lowest BCUT2D eigenvalue weighted by Gasteiger charge is -2.35. The second kappa shape index (κ2) is 7.66. The van der Waals surface area contributed by atoms with Crippen molar-refractivity contribution in [1.29, 1.82) is 0 Å². The van der Waals surface area contributed by atoms with Crippen molar-refractivity contribution in [2.24, 2.45) is 11.1 Å². The van der Waals surface area contributed by atoms with E-state index in [0.29, 0.717) is 6.54 Å². The van der Waals surface area contributed by atoms with Gasteiger partial charge < -0.3 is 10.6 Å². The number of amides is 1. The molecule has 0 aliphatic carbocycles. The lowest BCUT2D eigenvalue weighted by atomic mass is 9.78. The molecule has 0 bridgehead atoms. The predicted octanol–water partition coefficient (Wildman–Crippen LogP) is 2.40. The Labute approximate surface area is 100 Å². The zero-order valence-electron chi connectivity index (χ0n) is 11.4. The third-order valence-electron chi connectivity index (χ3n) is 3.35. The molecule has 0 aromatic heterocycles. The third kappa shape index (κ3) is 3.48. The number of nitrogens with two attached hydrogens (primary N) is 1. The summed E-state index contributed by atoms with van der Waals surface area (Å²) in [5.41, 5.74) is 5.57. The molecule has 16 heavy (non-hydrogen) atoms. The molecule has 0 aliphatic rings. The molecule has 3 nitrogen and oxygen atoms in total. The van der Waals surface area contributed by atoms with Crippen LogP contribution in [0.2, 0.25) is 0 Å².